The van der Waals surface area contributed by atoms with Crippen molar-refractivity contribution >= 4 is 12.2 Å². The van der Waals surface area contributed by atoms with Gasteiger partial charge in [0.25, 0.3) is 0 Å². The Morgan fingerprint density at radius 3 is 1.43 bits per heavy atom. The van der Waals surface area contributed by atoms with Gasteiger partial charge in [0.1, 0.15) is 0 Å². The van der Waals surface area contributed by atoms with Gasteiger partial charge in [-0.2, -0.15) is 10.5 Å². The molecule has 2 heteroatoms. The molecule has 0 radical (unpaired) electrons. The Hall–Kier alpha value is -3.10. The van der Waals surface area contributed by atoms with Crippen molar-refractivity contribution in [3.8, 4) is 12.1 Å². The van der Waals surface area contributed by atoms with E-state index in [4.69, 9.17) is 0 Å². The van der Waals surface area contributed by atoms with Gasteiger partial charge in [0, 0.05) is 0 Å². The lowest BCUT2D eigenvalue weighted by molar-refractivity contribution is 0.540. The van der Waals surface area contributed by atoms with Crippen LogP contribution in [0.25, 0.3) is 12.2 Å². The van der Waals surface area contributed by atoms with E-state index >= 15 is 0 Å². The predicted molar refractivity (Wildman–Crippen MR) is 93.8 cm³/mol. The van der Waals surface area contributed by atoms with Gasteiger partial charge < -0.3 is 0 Å². The van der Waals surface area contributed by atoms with Crippen LogP contribution in [0.1, 0.15) is 24.0 Å². The van der Waals surface area contributed by atoms with Crippen LogP contribution in [0.5, 0.6) is 0 Å². The number of nitriles is 2. The van der Waals surface area contributed by atoms with Crippen LogP contribution in [-0.2, 0) is 0 Å². The monoisotopic (exact) mass is 298 g/mol. The Kier molecular flexibility index (Phi) is 5.92. The molecule has 0 aliphatic carbocycles. The van der Waals surface area contributed by atoms with E-state index < -0.39 is 5.41 Å². The maximum atomic E-state index is 9.43. The Morgan fingerprint density at radius 1 is 0.696 bits per heavy atom. The molecule has 0 bridgehead atoms. The van der Waals surface area contributed by atoms with Crippen molar-refractivity contribution < 1.29 is 0 Å². The minimum absolute atomic E-state index is 0.411. The summed E-state index contributed by atoms with van der Waals surface area (Å²) in [5.41, 5.74) is 1.12. The minimum atomic E-state index is -1.02. The Bertz CT molecular complexity index is 676. The summed E-state index contributed by atoms with van der Waals surface area (Å²) < 4.78 is 0. The zero-order valence-electron chi connectivity index (χ0n) is 12.9. The highest BCUT2D eigenvalue weighted by Gasteiger charge is 2.26. The smallest absolute Gasteiger partial charge is 0.150 e. The molecule has 2 nitrogen and oxygen atoms in total. The van der Waals surface area contributed by atoms with E-state index in [0.717, 1.165) is 11.1 Å². The summed E-state index contributed by atoms with van der Waals surface area (Å²) in [6.07, 6.45) is 8.52. The number of benzene rings is 2. The Balaban J connectivity index is 2.02. The minimum Gasteiger partial charge on any atom is -0.197 e. The largest absolute Gasteiger partial charge is 0.197 e. The summed E-state index contributed by atoms with van der Waals surface area (Å²) >= 11 is 0. The number of hydrogen-bond acceptors (Lipinski definition) is 2. The molecule has 0 atom stereocenters. The van der Waals surface area contributed by atoms with E-state index in [-0.39, 0.29) is 0 Å². The van der Waals surface area contributed by atoms with E-state index in [9.17, 15) is 10.5 Å². The van der Waals surface area contributed by atoms with Gasteiger partial charge in [0.05, 0.1) is 12.1 Å². The molecule has 2 aromatic rings. The molecule has 0 amide bonds. The van der Waals surface area contributed by atoms with Gasteiger partial charge in [-0.1, -0.05) is 85.0 Å². The van der Waals surface area contributed by atoms with Crippen LogP contribution in [0.4, 0.5) is 0 Å². The Morgan fingerprint density at radius 2 is 1.09 bits per heavy atom. The highest BCUT2D eigenvalue weighted by atomic mass is 14.4. The van der Waals surface area contributed by atoms with Gasteiger partial charge in [0.15, 0.2) is 5.41 Å². The van der Waals surface area contributed by atoms with E-state index in [1.807, 2.05) is 85.0 Å². The zero-order valence-corrected chi connectivity index (χ0v) is 12.9. The first-order valence-corrected chi connectivity index (χ1v) is 7.54. The van der Waals surface area contributed by atoms with E-state index in [2.05, 4.69) is 12.1 Å². The van der Waals surface area contributed by atoms with E-state index in [0.29, 0.717) is 12.8 Å². The maximum Gasteiger partial charge on any atom is 0.150 e. The second-order valence-electron chi connectivity index (χ2n) is 5.34. The van der Waals surface area contributed by atoms with Crippen molar-refractivity contribution in [2.24, 2.45) is 5.41 Å². The molecule has 0 aromatic heterocycles. The van der Waals surface area contributed by atoms with Crippen LogP contribution in [0.3, 0.4) is 0 Å². The standard InChI is InChI=1S/C21H18N2/c22-17-21(18-23,15-7-13-19-9-3-1-4-10-19)16-8-14-20-11-5-2-6-12-20/h1-14H,15-16H2/b13-7+,14-8+. The number of hydrogen-bond donors (Lipinski definition) is 0. The lowest BCUT2D eigenvalue weighted by Crippen LogP contribution is -2.13. The first-order valence-electron chi connectivity index (χ1n) is 7.54. The quantitative estimate of drug-likeness (QED) is 0.733. The summed E-state index contributed by atoms with van der Waals surface area (Å²) in [7, 11) is 0. The zero-order chi connectivity index (χ0) is 16.4. The van der Waals surface area contributed by atoms with Gasteiger partial charge in [0.2, 0.25) is 0 Å². The molecule has 0 fully saturated rings. The van der Waals surface area contributed by atoms with Crippen LogP contribution in [0.15, 0.2) is 72.8 Å². The third-order valence-corrected chi connectivity index (χ3v) is 3.58. The molecule has 112 valence electrons. The molecule has 23 heavy (non-hydrogen) atoms. The van der Waals surface area contributed by atoms with Gasteiger partial charge in [-0.15, -0.1) is 0 Å². The van der Waals surface area contributed by atoms with Crippen LogP contribution >= 0.6 is 0 Å². The van der Waals surface area contributed by atoms with Crippen molar-refractivity contribution in [1.29, 1.82) is 10.5 Å². The molecule has 0 saturated heterocycles. The second kappa shape index (κ2) is 8.37. The molecule has 2 aromatic carbocycles. The average Bonchev–Trinajstić information content (AvgIpc) is 2.62. The lowest BCUT2D eigenvalue weighted by Gasteiger charge is -2.13. The van der Waals surface area contributed by atoms with Gasteiger partial charge in [-0.25, -0.2) is 0 Å². The Labute approximate surface area is 137 Å². The van der Waals surface area contributed by atoms with Crippen LogP contribution < -0.4 is 0 Å². The van der Waals surface area contributed by atoms with Gasteiger partial charge >= 0.3 is 0 Å². The summed E-state index contributed by atoms with van der Waals surface area (Å²) in [4.78, 5) is 0. The fourth-order valence-electron chi connectivity index (χ4n) is 2.21. The predicted octanol–water partition coefficient (Wildman–Crippen LogP) is 5.23. The third-order valence-electron chi connectivity index (χ3n) is 3.58. The van der Waals surface area contributed by atoms with Gasteiger partial charge in [-0.3, -0.25) is 0 Å². The van der Waals surface area contributed by atoms with Crippen molar-refractivity contribution in [2.45, 2.75) is 12.8 Å². The number of rotatable bonds is 6. The first-order chi connectivity index (χ1) is 11.3. The van der Waals surface area contributed by atoms with Crippen molar-refractivity contribution in [2.75, 3.05) is 0 Å². The first kappa shape index (κ1) is 16.3. The number of nitrogens with zero attached hydrogens (tertiary/aromatic N) is 2. The molecular formula is C21H18N2. The molecule has 0 saturated carbocycles. The second-order valence-corrected chi connectivity index (χ2v) is 5.34. The van der Waals surface area contributed by atoms with Gasteiger partial charge in [-0.05, 0) is 24.0 Å². The molecule has 0 heterocycles. The highest BCUT2D eigenvalue weighted by Crippen LogP contribution is 2.27. The molecule has 0 aliphatic heterocycles. The summed E-state index contributed by atoms with van der Waals surface area (Å²) in [6, 6.07) is 24.1. The van der Waals surface area contributed by atoms with Crippen molar-refractivity contribution in [3.63, 3.8) is 0 Å². The topological polar surface area (TPSA) is 47.6 Å². The molecular weight excluding hydrogens is 280 g/mol. The summed E-state index contributed by atoms with van der Waals surface area (Å²) in [5.74, 6) is 0. The van der Waals surface area contributed by atoms with Crippen LogP contribution in [0.2, 0.25) is 0 Å². The molecule has 2 rings (SSSR count). The molecule has 0 unspecified atom stereocenters. The molecule has 0 N–H and O–H groups in total. The van der Waals surface area contributed by atoms with E-state index in [1.165, 1.54) is 0 Å². The summed E-state index contributed by atoms with van der Waals surface area (Å²) in [6.45, 7) is 0. The van der Waals surface area contributed by atoms with Crippen molar-refractivity contribution in [1.82, 2.24) is 0 Å². The third kappa shape index (κ3) is 4.99. The summed E-state index contributed by atoms with van der Waals surface area (Å²) in [5, 5.41) is 18.9. The normalized spacial score (nSPS) is 11.4. The molecule has 0 spiro atoms. The molecule has 0 aliphatic rings. The number of allylic oxidation sites excluding steroid dienone is 2. The average molecular weight is 298 g/mol. The highest BCUT2D eigenvalue weighted by molar-refractivity contribution is 5.50. The SMILES string of the molecule is N#CC(C#N)(C/C=C/c1ccccc1)C/C=C/c1ccccc1. The van der Waals surface area contributed by atoms with Crippen LogP contribution in [0, 0.1) is 28.1 Å². The van der Waals surface area contributed by atoms with Crippen LogP contribution in [-0.4, -0.2) is 0 Å². The lowest BCUT2D eigenvalue weighted by atomic mass is 9.83. The fraction of sp³-hybridized carbons (Fsp3) is 0.143. The fourth-order valence-corrected chi connectivity index (χ4v) is 2.21. The van der Waals surface area contributed by atoms with E-state index in [1.54, 1.807) is 0 Å². The van der Waals surface area contributed by atoms with Crippen molar-refractivity contribution in [3.05, 3.63) is 83.9 Å². The maximum absolute atomic E-state index is 9.43.